The Morgan fingerprint density at radius 3 is 2.95 bits per heavy atom. The van der Waals surface area contributed by atoms with E-state index >= 15 is 0 Å². The molecule has 2 rings (SSSR count). The molecule has 0 aromatic heterocycles. The van der Waals surface area contributed by atoms with Crippen LogP contribution in [0.4, 0.5) is 0 Å². The van der Waals surface area contributed by atoms with Gasteiger partial charge in [-0.25, -0.2) is 4.79 Å². The molecule has 22 heavy (non-hydrogen) atoms. The third-order valence-corrected chi connectivity index (χ3v) is 3.65. The van der Waals surface area contributed by atoms with Gasteiger partial charge in [0, 0.05) is 25.8 Å². The summed E-state index contributed by atoms with van der Waals surface area (Å²) in [7, 11) is 1.67. The summed E-state index contributed by atoms with van der Waals surface area (Å²) in [6.07, 6.45) is 2.04. The van der Waals surface area contributed by atoms with Crippen molar-refractivity contribution in [3.8, 4) is 5.75 Å². The van der Waals surface area contributed by atoms with E-state index in [0.717, 1.165) is 19.4 Å². The first-order chi connectivity index (χ1) is 10.6. The number of rotatable bonds is 6. The Morgan fingerprint density at radius 2 is 2.23 bits per heavy atom. The highest BCUT2D eigenvalue weighted by molar-refractivity contribution is 5.94. The lowest BCUT2D eigenvalue weighted by molar-refractivity contribution is -0.139. The van der Waals surface area contributed by atoms with Crippen LogP contribution in [0.3, 0.4) is 0 Å². The van der Waals surface area contributed by atoms with Gasteiger partial charge < -0.3 is 19.5 Å². The van der Waals surface area contributed by atoms with E-state index in [1.54, 1.807) is 31.4 Å². The normalized spacial score (nSPS) is 18.0. The highest BCUT2D eigenvalue weighted by Gasteiger charge is 2.24. The first-order valence-corrected chi connectivity index (χ1v) is 7.33. The van der Waals surface area contributed by atoms with Gasteiger partial charge in [-0.3, -0.25) is 4.79 Å². The number of carbonyl (C=O) groups excluding carboxylic acids is 1. The summed E-state index contributed by atoms with van der Waals surface area (Å²) in [5.41, 5.74) is 0.515. The fourth-order valence-electron chi connectivity index (χ4n) is 2.67. The first kappa shape index (κ1) is 16.3. The van der Waals surface area contributed by atoms with Crippen molar-refractivity contribution >= 4 is 11.9 Å². The van der Waals surface area contributed by atoms with Crippen molar-refractivity contribution in [1.82, 2.24) is 4.90 Å². The van der Waals surface area contributed by atoms with E-state index in [0.29, 0.717) is 30.4 Å². The number of aliphatic carboxylic acids is 1. The van der Waals surface area contributed by atoms with Gasteiger partial charge in [0.25, 0.3) is 5.91 Å². The SMILES string of the molecule is COCC1CCCN(C(=O)c2cccc(OCC(=O)O)c2)C1. The van der Waals surface area contributed by atoms with Crippen molar-refractivity contribution in [3.63, 3.8) is 0 Å². The summed E-state index contributed by atoms with van der Waals surface area (Å²) in [6, 6.07) is 6.64. The van der Waals surface area contributed by atoms with E-state index in [4.69, 9.17) is 14.6 Å². The number of likely N-dealkylation sites (tertiary alicyclic amines) is 1. The molecule has 6 nitrogen and oxygen atoms in total. The van der Waals surface area contributed by atoms with Crippen LogP contribution in [-0.4, -0.2) is 55.3 Å². The summed E-state index contributed by atoms with van der Waals surface area (Å²) < 4.78 is 10.3. The second-order valence-corrected chi connectivity index (χ2v) is 5.43. The van der Waals surface area contributed by atoms with E-state index in [9.17, 15) is 9.59 Å². The third kappa shape index (κ3) is 4.46. The molecule has 1 fully saturated rings. The topological polar surface area (TPSA) is 76.1 Å². The molecule has 1 heterocycles. The zero-order chi connectivity index (χ0) is 15.9. The van der Waals surface area contributed by atoms with Crippen LogP contribution in [0.15, 0.2) is 24.3 Å². The molecule has 1 saturated heterocycles. The molecule has 1 aliphatic heterocycles. The summed E-state index contributed by atoms with van der Waals surface area (Å²) in [6.45, 7) is 1.66. The average Bonchev–Trinajstić information content (AvgIpc) is 2.53. The summed E-state index contributed by atoms with van der Waals surface area (Å²) in [5.74, 6) is -0.343. The second kappa shape index (κ2) is 7.79. The number of piperidine rings is 1. The number of benzene rings is 1. The molecule has 6 heteroatoms. The van der Waals surface area contributed by atoms with Gasteiger partial charge in [-0.05, 0) is 37.0 Å². The van der Waals surface area contributed by atoms with Gasteiger partial charge in [0.1, 0.15) is 5.75 Å². The van der Waals surface area contributed by atoms with Gasteiger partial charge in [-0.2, -0.15) is 0 Å². The fourth-order valence-corrected chi connectivity index (χ4v) is 2.67. The molecule has 1 unspecified atom stereocenters. The van der Waals surface area contributed by atoms with E-state index in [1.165, 1.54) is 0 Å². The molecular weight excluding hydrogens is 286 g/mol. The number of carbonyl (C=O) groups is 2. The van der Waals surface area contributed by atoms with E-state index < -0.39 is 12.6 Å². The van der Waals surface area contributed by atoms with Crippen molar-refractivity contribution < 1.29 is 24.2 Å². The number of ether oxygens (including phenoxy) is 2. The van der Waals surface area contributed by atoms with E-state index in [1.807, 2.05) is 4.90 Å². The number of hydrogen-bond donors (Lipinski definition) is 1. The largest absolute Gasteiger partial charge is 0.482 e. The minimum Gasteiger partial charge on any atom is -0.482 e. The number of carboxylic acid groups (broad SMARTS) is 1. The molecule has 0 radical (unpaired) electrons. The second-order valence-electron chi connectivity index (χ2n) is 5.43. The van der Waals surface area contributed by atoms with Crippen LogP contribution in [-0.2, 0) is 9.53 Å². The Hall–Kier alpha value is -2.08. The molecule has 1 amide bonds. The zero-order valence-corrected chi connectivity index (χ0v) is 12.7. The van der Waals surface area contributed by atoms with Gasteiger partial charge in [0.15, 0.2) is 6.61 Å². The molecule has 0 saturated carbocycles. The quantitative estimate of drug-likeness (QED) is 0.865. The van der Waals surface area contributed by atoms with Crippen LogP contribution >= 0.6 is 0 Å². The molecule has 1 aromatic rings. The molecular formula is C16H21NO5. The van der Waals surface area contributed by atoms with Gasteiger partial charge in [-0.15, -0.1) is 0 Å². The van der Waals surface area contributed by atoms with Crippen molar-refractivity contribution in [2.24, 2.45) is 5.92 Å². The van der Waals surface area contributed by atoms with Crippen molar-refractivity contribution in [2.45, 2.75) is 12.8 Å². The maximum Gasteiger partial charge on any atom is 0.341 e. The minimum absolute atomic E-state index is 0.0541. The van der Waals surface area contributed by atoms with E-state index in [-0.39, 0.29) is 5.91 Å². The number of amides is 1. The van der Waals surface area contributed by atoms with Gasteiger partial charge in [0.2, 0.25) is 0 Å². The number of carboxylic acids is 1. The lowest BCUT2D eigenvalue weighted by atomic mass is 9.98. The fraction of sp³-hybridized carbons (Fsp3) is 0.500. The molecule has 1 atom stereocenters. The monoisotopic (exact) mass is 307 g/mol. The highest BCUT2D eigenvalue weighted by Crippen LogP contribution is 2.20. The highest BCUT2D eigenvalue weighted by atomic mass is 16.5. The Balaban J connectivity index is 2.02. The Bertz CT molecular complexity index is 529. The van der Waals surface area contributed by atoms with Crippen molar-refractivity contribution in [1.29, 1.82) is 0 Å². The van der Waals surface area contributed by atoms with Crippen LogP contribution in [0.1, 0.15) is 23.2 Å². The van der Waals surface area contributed by atoms with Crippen LogP contribution < -0.4 is 4.74 Å². The standard InChI is InChI=1S/C16H21NO5/c1-21-10-12-4-3-7-17(9-12)16(20)13-5-2-6-14(8-13)22-11-15(18)19/h2,5-6,8,12H,3-4,7,9-11H2,1H3,(H,18,19). The lowest BCUT2D eigenvalue weighted by Crippen LogP contribution is -2.41. The average molecular weight is 307 g/mol. The summed E-state index contributed by atoms with van der Waals surface area (Å²) in [4.78, 5) is 24.9. The molecule has 0 spiro atoms. The molecule has 120 valence electrons. The van der Waals surface area contributed by atoms with Crippen LogP contribution in [0, 0.1) is 5.92 Å². The third-order valence-electron chi connectivity index (χ3n) is 3.65. The van der Waals surface area contributed by atoms with Crippen LogP contribution in [0.5, 0.6) is 5.75 Å². The molecule has 1 aromatic carbocycles. The Labute approximate surface area is 129 Å². The summed E-state index contributed by atoms with van der Waals surface area (Å²) >= 11 is 0. The van der Waals surface area contributed by atoms with E-state index in [2.05, 4.69) is 0 Å². The zero-order valence-electron chi connectivity index (χ0n) is 12.7. The van der Waals surface area contributed by atoms with Gasteiger partial charge >= 0.3 is 5.97 Å². The number of nitrogens with zero attached hydrogens (tertiary/aromatic N) is 1. The molecule has 0 aliphatic carbocycles. The number of hydrogen-bond acceptors (Lipinski definition) is 4. The van der Waals surface area contributed by atoms with Crippen molar-refractivity contribution in [2.75, 3.05) is 33.4 Å². The number of methoxy groups -OCH3 is 1. The van der Waals surface area contributed by atoms with Crippen LogP contribution in [0.2, 0.25) is 0 Å². The molecule has 1 aliphatic rings. The van der Waals surface area contributed by atoms with Gasteiger partial charge in [-0.1, -0.05) is 6.07 Å². The van der Waals surface area contributed by atoms with Crippen molar-refractivity contribution in [3.05, 3.63) is 29.8 Å². The summed E-state index contributed by atoms with van der Waals surface area (Å²) in [5, 5.41) is 8.62. The van der Waals surface area contributed by atoms with Gasteiger partial charge in [0.05, 0.1) is 6.61 Å². The predicted molar refractivity (Wildman–Crippen MR) is 80.1 cm³/mol. The maximum absolute atomic E-state index is 12.6. The maximum atomic E-state index is 12.6. The predicted octanol–water partition coefficient (Wildman–Crippen LogP) is 1.65. The van der Waals surface area contributed by atoms with Crippen LogP contribution in [0.25, 0.3) is 0 Å². The molecule has 0 bridgehead atoms. The smallest absolute Gasteiger partial charge is 0.341 e. The molecule has 1 N–H and O–H groups in total. The lowest BCUT2D eigenvalue weighted by Gasteiger charge is -2.32. The Kier molecular flexibility index (Phi) is 5.77. The first-order valence-electron chi connectivity index (χ1n) is 7.33. The minimum atomic E-state index is -1.05. The Morgan fingerprint density at radius 1 is 1.41 bits per heavy atom.